The van der Waals surface area contributed by atoms with Crippen LogP contribution < -0.4 is 4.90 Å². The van der Waals surface area contributed by atoms with E-state index in [9.17, 15) is 13.2 Å². The molecule has 0 radical (unpaired) electrons. The Bertz CT molecular complexity index is 832. The average Bonchev–Trinajstić information content (AvgIpc) is 3.23. The Kier molecular flexibility index (Phi) is 4.10. The molecule has 0 spiro atoms. The van der Waals surface area contributed by atoms with Crippen LogP contribution >= 0.6 is 35.0 Å². The molecule has 9 heteroatoms. The number of nitrogens with zero attached hydrogens (tertiary/aromatic N) is 2. The fraction of sp³-hybridized carbons (Fsp3) is 0.467. The Balaban J connectivity index is 1.79. The van der Waals surface area contributed by atoms with E-state index in [1.54, 1.807) is 23.1 Å². The lowest BCUT2D eigenvalue weighted by molar-refractivity contribution is -0.118. The molecule has 0 N–H and O–H groups in total. The summed E-state index contributed by atoms with van der Waals surface area (Å²) in [5.74, 6) is -0.0419. The topological polar surface area (TPSA) is 66.8 Å². The standard InChI is InChI=1S/C15H14Cl2N2O3S2/c16-9-2-1-3-10(17)13(9)19-11-6-24(21,22)7-12(11)23-15(19)18-14(20)8-4-5-8/h1-3,8,11-12H,4-7H2/t11-,12+/m0/s1. The molecule has 2 heterocycles. The molecule has 24 heavy (non-hydrogen) atoms. The van der Waals surface area contributed by atoms with E-state index in [4.69, 9.17) is 23.2 Å². The first-order chi connectivity index (χ1) is 11.4. The minimum atomic E-state index is -3.12. The molecule has 5 nitrogen and oxygen atoms in total. The highest BCUT2D eigenvalue weighted by atomic mass is 35.5. The maximum Gasteiger partial charge on any atom is 0.251 e. The average molecular weight is 405 g/mol. The van der Waals surface area contributed by atoms with Crippen LogP contribution in [0.15, 0.2) is 23.2 Å². The molecule has 0 bridgehead atoms. The Labute approximate surface area is 154 Å². The number of fused-ring (bicyclic) bond motifs is 1. The van der Waals surface area contributed by atoms with Crippen molar-refractivity contribution >= 4 is 61.6 Å². The molecular weight excluding hydrogens is 391 g/mol. The first-order valence-corrected chi connectivity index (χ1v) is 11.0. The molecular formula is C15H14Cl2N2O3S2. The van der Waals surface area contributed by atoms with Crippen LogP contribution in [-0.2, 0) is 14.6 Å². The number of rotatable bonds is 2. The minimum Gasteiger partial charge on any atom is -0.313 e. The van der Waals surface area contributed by atoms with E-state index in [2.05, 4.69) is 4.99 Å². The van der Waals surface area contributed by atoms with Gasteiger partial charge >= 0.3 is 0 Å². The molecule has 1 aromatic rings. The highest BCUT2D eigenvalue weighted by molar-refractivity contribution is 8.16. The summed E-state index contributed by atoms with van der Waals surface area (Å²) in [7, 11) is -3.12. The monoisotopic (exact) mass is 404 g/mol. The van der Waals surface area contributed by atoms with E-state index in [0.717, 1.165) is 12.8 Å². The van der Waals surface area contributed by atoms with E-state index in [1.807, 2.05) is 0 Å². The number of benzene rings is 1. The number of anilines is 1. The second-order valence-corrected chi connectivity index (χ2v) is 10.4. The van der Waals surface area contributed by atoms with Gasteiger partial charge in [-0.05, 0) is 25.0 Å². The predicted octanol–water partition coefficient (Wildman–Crippen LogP) is 3.00. The zero-order valence-electron chi connectivity index (χ0n) is 12.5. The number of hydrogen-bond donors (Lipinski definition) is 0. The fourth-order valence-electron chi connectivity index (χ4n) is 3.06. The lowest BCUT2D eigenvalue weighted by Gasteiger charge is -2.26. The second kappa shape index (κ2) is 5.90. The van der Waals surface area contributed by atoms with Crippen molar-refractivity contribution < 1.29 is 13.2 Å². The van der Waals surface area contributed by atoms with Gasteiger partial charge in [0.15, 0.2) is 15.0 Å². The molecule has 4 rings (SSSR count). The van der Waals surface area contributed by atoms with Crippen molar-refractivity contribution in [1.29, 1.82) is 0 Å². The van der Waals surface area contributed by atoms with Gasteiger partial charge in [0, 0.05) is 11.2 Å². The predicted molar refractivity (Wildman–Crippen MR) is 97.9 cm³/mol. The number of carbonyl (C=O) groups is 1. The minimum absolute atomic E-state index is 0.00541. The van der Waals surface area contributed by atoms with E-state index >= 15 is 0 Å². The Morgan fingerprint density at radius 1 is 1.21 bits per heavy atom. The number of amides is 1. The van der Waals surface area contributed by atoms with Gasteiger partial charge in [-0.15, -0.1) is 0 Å². The maximum absolute atomic E-state index is 12.1. The number of amidine groups is 1. The normalized spacial score (nSPS) is 29.9. The van der Waals surface area contributed by atoms with Crippen LogP contribution in [-0.4, -0.2) is 42.3 Å². The number of aliphatic imine (C=N–C) groups is 1. The Morgan fingerprint density at radius 3 is 2.50 bits per heavy atom. The first-order valence-electron chi connectivity index (χ1n) is 7.58. The first kappa shape index (κ1) is 16.7. The highest BCUT2D eigenvalue weighted by Gasteiger charge is 2.50. The molecule has 2 aliphatic heterocycles. The Morgan fingerprint density at radius 2 is 1.88 bits per heavy atom. The van der Waals surface area contributed by atoms with Gasteiger partial charge in [0.1, 0.15) is 0 Å². The lowest BCUT2D eigenvalue weighted by Crippen LogP contribution is -2.38. The summed E-state index contributed by atoms with van der Waals surface area (Å²) in [6, 6.07) is 4.82. The number of hydrogen-bond acceptors (Lipinski definition) is 4. The summed E-state index contributed by atoms with van der Waals surface area (Å²) in [5.41, 5.74) is 0.528. The van der Waals surface area contributed by atoms with Crippen LogP contribution in [0.1, 0.15) is 12.8 Å². The molecule has 1 saturated carbocycles. The summed E-state index contributed by atoms with van der Waals surface area (Å²) in [5, 5.41) is 1.18. The molecule has 2 atom stereocenters. The fourth-order valence-corrected chi connectivity index (χ4v) is 7.55. The summed E-state index contributed by atoms with van der Waals surface area (Å²) in [6.07, 6.45) is 1.74. The van der Waals surface area contributed by atoms with E-state index in [-0.39, 0.29) is 34.6 Å². The number of carbonyl (C=O) groups excluding carboxylic acids is 1. The quantitative estimate of drug-likeness (QED) is 0.757. The van der Waals surface area contributed by atoms with Gasteiger partial charge in [-0.25, -0.2) is 8.42 Å². The third kappa shape index (κ3) is 2.96. The summed E-state index contributed by atoms with van der Waals surface area (Å²) in [4.78, 5) is 18.2. The smallest absolute Gasteiger partial charge is 0.251 e. The van der Waals surface area contributed by atoms with Crippen LogP contribution in [0.3, 0.4) is 0 Å². The third-order valence-electron chi connectivity index (χ3n) is 4.38. The summed E-state index contributed by atoms with van der Waals surface area (Å²) >= 11 is 14.0. The van der Waals surface area contributed by atoms with E-state index in [1.165, 1.54) is 11.8 Å². The molecule has 128 valence electrons. The number of halogens is 2. The van der Waals surface area contributed by atoms with Crippen molar-refractivity contribution in [3.63, 3.8) is 0 Å². The number of thioether (sulfide) groups is 1. The van der Waals surface area contributed by atoms with Crippen molar-refractivity contribution in [2.75, 3.05) is 16.4 Å². The molecule has 3 aliphatic rings. The summed E-state index contributed by atoms with van der Waals surface area (Å²) in [6.45, 7) is 0. The molecule has 3 fully saturated rings. The molecule has 2 saturated heterocycles. The third-order valence-corrected chi connectivity index (χ3v) is 8.20. The van der Waals surface area contributed by atoms with Crippen molar-refractivity contribution in [2.45, 2.75) is 24.1 Å². The van der Waals surface area contributed by atoms with Crippen molar-refractivity contribution in [2.24, 2.45) is 10.9 Å². The zero-order valence-corrected chi connectivity index (χ0v) is 15.6. The van der Waals surface area contributed by atoms with E-state index < -0.39 is 9.84 Å². The maximum atomic E-state index is 12.1. The van der Waals surface area contributed by atoms with Gasteiger partial charge in [0.05, 0.1) is 33.3 Å². The zero-order chi connectivity index (χ0) is 17.1. The molecule has 1 amide bonds. The molecule has 0 unspecified atom stereocenters. The van der Waals surface area contributed by atoms with Crippen LogP contribution in [0.2, 0.25) is 10.0 Å². The van der Waals surface area contributed by atoms with Crippen molar-refractivity contribution in [1.82, 2.24) is 0 Å². The highest BCUT2D eigenvalue weighted by Crippen LogP contribution is 2.46. The molecule has 1 aliphatic carbocycles. The van der Waals surface area contributed by atoms with Gasteiger partial charge in [-0.3, -0.25) is 4.79 Å². The number of para-hydroxylation sites is 1. The van der Waals surface area contributed by atoms with Crippen molar-refractivity contribution in [3.8, 4) is 0 Å². The van der Waals surface area contributed by atoms with Crippen LogP contribution in [0, 0.1) is 5.92 Å². The van der Waals surface area contributed by atoms with Gasteiger partial charge in [0.25, 0.3) is 5.91 Å². The van der Waals surface area contributed by atoms with Crippen LogP contribution in [0.25, 0.3) is 0 Å². The largest absolute Gasteiger partial charge is 0.313 e. The van der Waals surface area contributed by atoms with Gasteiger partial charge in [0.2, 0.25) is 0 Å². The molecule has 1 aromatic carbocycles. The lowest BCUT2D eigenvalue weighted by atomic mass is 10.2. The summed E-state index contributed by atoms with van der Waals surface area (Å²) < 4.78 is 24.1. The van der Waals surface area contributed by atoms with Crippen molar-refractivity contribution in [3.05, 3.63) is 28.2 Å². The SMILES string of the molecule is O=C(N=C1S[C@@H]2CS(=O)(=O)C[C@@H]2N1c1c(Cl)cccc1Cl)C1CC1. The molecule has 0 aromatic heterocycles. The second-order valence-electron chi connectivity index (χ2n) is 6.25. The van der Waals surface area contributed by atoms with Gasteiger partial charge < -0.3 is 4.90 Å². The van der Waals surface area contributed by atoms with Crippen LogP contribution in [0.5, 0.6) is 0 Å². The van der Waals surface area contributed by atoms with E-state index in [0.29, 0.717) is 20.9 Å². The van der Waals surface area contributed by atoms with Gasteiger partial charge in [-0.2, -0.15) is 4.99 Å². The number of sulfone groups is 1. The van der Waals surface area contributed by atoms with Gasteiger partial charge in [-0.1, -0.05) is 41.0 Å². The Hall–Kier alpha value is -0.760. The van der Waals surface area contributed by atoms with Crippen LogP contribution in [0.4, 0.5) is 5.69 Å².